The Hall–Kier alpha value is -1.10. The van der Waals surface area contributed by atoms with Gasteiger partial charge in [-0.15, -0.1) is 0 Å². The monoisotopic (exact) mass is 343 g/mol. The molecule has 0 aromatic heterocycles. The highest BCUT2D eigenvalue weighted by molar-refractivity contribution is 9.08. The zero-order valence-corrected chi connectivity index (χ0v) is 13.5. The van der Waals surface area contributed by atoms with Crippen LogP contribution in [0.15, 0.2) is 18.2 Å². The summed E-state index contributed by atoms with van der Waals surface area (Å²) in [6.07, 6.45) is 7.31. The third kappa shape index (κ3) is 5.90. The Labute approximate surface area is 128 Å². The number of non-ortho nitro benzene ring substituents is 1. The molecule has 20 heavy (non-hydrogen) atoms. The minimum atomic E-state index is -0.385. The number of alkyl halides is 1. The molecular formula is C15H22BrNO3. The lowest BCUT2D eigenvalue weighted by Gasteiger charge is -2.09. The fourth-order valence-corrected chi connectivity index (χ4v) is 2.43. The highest BCUT2D eigenvalue weighted by Gasteiger charge is 2.10. The van der Waals surface area contributed by atoms with Crippen molar-refractivity contribution in [2.45, 2.75) is 50.8 Å². The van der Waals surface area contributed by atoms with Crippen molar-refractivity contribution in [2.75, 3.05) is 6.61 Å². The summed E-state index contributed by atoms with van der Waals surface area (Å²) in [5.74, 6) is 0.737. The van der Waals surface area contributed by atoms with E-state index in [4.69, 9.17) is 4.74 Å². The topological polar surface area (TPSA) is 52.4 Å². The van der Waals surface area contributed by atoms with Gasteiger partial charge in [-0.2, -0.15) is 0 Å². The van der Waals surface area contributed by atoms with E-state index in [-0.39, 0.29) is 10.6 Å². The first-order valence-corrected chi connectivity index (χ1v) is 8.27. The molecule has 0 spiro atoms. The summed E-state index contributed by atoms with van der Waals surface area (Å²) in [5, 5.41) is 11.3. The maximum atomic E-state index is 10.7. The van der Waals surface area contributed by atoms with Crippen molar-refractivity contribution < 1.29 is 9.66 Å². The van der Waals surface area contributed by atoms with Gasteiger partial charge in [-0.05, 0) is 12.5 Å². The predicted molar refractivity (Wildman–Crippen MR) is 84.6 cm³/mol. The summed E-state index contributed by atoms with van der Waals surface area (Å²) in [4.78, 5) is 10.3. The predicted octanol–water partition coefficient (Wildman–Crippen LogP) is 5.23. The molecule has 5 heteroatoms. The van der Waals surface area contributed by atoms with Gasteiger partial charge in [0.1, 0.15) is 5.75 Å². The number of ether oxygens (including phenoxy) is 1. The molecule has 0 aliphatic rings. The minimum absolute atomic E-state index is 0.103. The number of halogens is 1. The summed E-state index contributed by atoms with van der Waals surface area (Å²) in [7, 11) is 0. The van der Waals surface area contributed by atoms with E-state index in [2.05, 4.69) is 22.9 Å². The van der Waals surface area contributed by atoms with E-state index < -0.39 is 0 Å². The van der Waals surface area contributed by atoms with Gasteiger partial charge >= 0.3 is 0 Å². The van der Waals surface area contributed by atoms with Gasteiger partial charge in [0.05, 0.1) is 11.5 Å². The van der Waals surface area contributed by atoms with Crippen molar-refractivity contribution in [2.24, 2.45) is 0 Å². The molecule has 0 amide bonds. The van der Waals surface area contributed by atoms with Crippen LogP contribution in [0.25, 0.3) is 0 Å². The highest BCUT2D eigenvalue weighted by Crippen LogP contribution is 2.26. The van der Waals surface area contributed by atoms with E-state index in [1.54, 1.807) is 12.1 Å². The van der Waals surface area contributed by atoms with Crippen LogP contribution < -0.4 is 4.74 Å². The maximum absolute atomic E-state index is 10.7. The van der Waals surface area contributed by atoms with Crippen molar-refractivity contribution in [3.8, 4) is 5.75 Å². The zero-order chi connectivity index (χ0) is 14.8. The highest BCUT2D eigenvalue weighted by atomic mass is 79.9. The van der Waals surface area contributed by atoms with Gasteiger partial charge < -0.3 is 4.74 Å². The molecule has 0 N–H and O–H groups in total. The Bertz CT molecular complexity index is 424. The zero-order valence-electron chi connectivity index (χ0n) is 11.9. The third-order valence-corrected chi connectivity index (χ3v) is 3.76. The van der Waals surface area contributed by atoms with Crippen LogP contribution >= 0.6 is 15.9 Å². The van der Waals surface area contributed by atoms with Crippen LogP contribution in [-0.2, 0) is 5.33 Å². The van der Waals surface area contributed by atoms with E-state index in [1.807, 2.05) is 0 Å². The van der Waals surface area contributed by atoms with Crippen molar-refractivity contribution in [1.29, 1.82) is 0 Å². The van der Waals surface area contributed by atoms with Gasteiger partial charge in [0.25, 0.3) is 5.69 Å². The van der Waals surface area contributed by atoms with Crippen molar-refractivity contribution in [3.63, 3.8) is 0 Å². The molecule has 1 rings (SSSR count). The van der Waals surface area contributed by atoms with Gasteiger partial charge in [-0.25, -0.2) is 0 Å². The minimum Gasteiger partial charge on any atom is -0.493 e. The molecule has 0 aliphatic carbocycles. The second kappa shape index (κ2) is 9.75. The average Bonchev–Trinajstić information content (AvgIpc) is 2.46. The van der Waals surface area contributed by atoms with E-state index in [9.17, 15) is 10.1 Å². The summed E-state index contributed by atoms with van der Waals surface area (Å²) in [6.45, 7) is 2.88. The third-order valence-electron chi connectivity index (χ3n) is 3.15. The number of nitro groups is 1. The fraction of sp³-hybridized carbons (Fsp3) is 0.600. The SMILES string of the molecule is CCCCCCCCOc1ccc([N+](=O)[O-])cc1CBr. The molecule has 0 saturated carbocycles. The lowest BCUT2D eigenvalue weighted by Crippen LogP contribution is -2.00. The second-order valence-electron chi connectivity index (χ2n) is 4.80. The molecule has 0 unspecified atom stereocenters. The molecule has 0 heterocycles. The van der Waals surface area contributed by atoms with Crippen LogP contribution in [0.4, 0.5) is 5.69 Å². The van der Waals surface area contributed by atoms with Crippen molar-refractivity contribution in [3.05, 3.63) is 33.9 Å². The molecule has 0 bridgehead atoms. The standard InChI is InChI=1S/C15H22BrNO3/c1-2-3-4-5-6-7-10-20-15-9-8-14(17(18)19)11-13(15)12-16/h8-9,11H,2-7,10,12H2,1H3. The first kappa shape index (κ1) is 17.0. The van der Waals surface area contributed by atoms with Gasteiger partial charge in [0.15, 0.2) is 0 Å². The molecule has 0 radical (unpaired) electrons. The fourth-order valence-electron chi connectivity index (χ4n) is 1.99. The van der Waals surface area contributed by atoms with Crippen LogP contribution in [0.3, 0.4) is 0 Å². The Balaban J connectivity index is 2.38. The summed E-state index contributed by atoms with van der Waals surface area (Å²) < 4.78 is 5.72. The largest absolute Gasteiger partial charge is 0.493 e. The summed E-state index contributed by atoms with van der Waals surface area (Å²) in [6, 6.07) is 4.74. The number of nitro benzene ring substituents is 1. The Morgan fingerprint density at radius 3 is 2.55 bits per heavy atom. The van der Waals surface area contributed by atoms with Crippen LogP contribution in [-0.4, -0.2) is 11.5 Å². The van der Waals surface area contributed by atoms with Crippen LogP contribution in [0.2, 0.25) is 0 Å². The quantitative estimate of drug-likeness (QED) is 0.253. The Kier molecular flexibility index (Phi) is 8.26. The normalized spacial score (nSPS) is 10.5. The van der Waals surface area contributed by atoms with Gasteiger partial charge in [-0.3, -0.25) is 10.1 Å². The molecule has 0 saturated heterocycles. The number of unbranched alkanes of at least 4 members (excludes halogenated alkanes) is 5. The molecule has 112 valence electrons. The summed E-state index contributed by atoms with van der Waals surface area (Å²) >= 11 is 3.34. The first-order chi connectivity index (χ1) is 9.69. The molecule has 1 aromatic rings. The Morgan fingerprint density at radius 1 is 1.20 bits per heavy atom. The van der Waals surface area contributed by atoms with E-state index in [0.29, 0.717) is 11.9 Å². The summed E-state index contributed by atoms with van der Waals surface area (Å²) in [5.41, 5.74) is 0.927. The molecule has 0 atom stereocenters. The second-order valence-corrected chi connectivity index (χ2v) is 5.36. The molecule has 4 nitrogen and oxygen atoms in total. The Morgan fingerprint density at radius 2 is 1.90 bits per heavy atom. The number of hydrogen-bond donors (Lipinski definition) is 0. The van der Waals surface area contributed by atoms with E-state index in [1.165, 1.54) is 38.2 Å². The lowest BCUT2D eigenvalue weighted by atomic mass is 10.1. The van der Waals surface area contributed by atoms with Crippen molar-refractivity contribution >= 4 is 21.6 Å². The molecule has 1 aromatic carbocycles. The van der Waals surface area contributed by atoms with Crippen molar-refractivity contribution in [1.82, 2.24) is 0 Å². The molecule has 0 fully saturated rings. The van der Waals surface area contributed by atoms with Gasteiger partial charge in [0, 0.05) is 23.0 Å². The number of benzene rings is 1. The lowest BCUT2D eigenvalue weighted by molar-refractivity contribution is -0.384. The number of hydrogen-bond acceptors (Lipinski definition) is 3. The van der Waals surface area contributed by atoms with Gasteiger partial charge in [0.2, 0.25) is 0 Å². The van der Waals surface area contributed by atoms with Crippen LogP contribution in [0, 0.1) is 10.1 Å². The number of rotatable bonds is 10. The average molecular weight is 344 g/mol. The van der Waals surface area contributed by atoms with Crippen LogP contribution in [0.1, 0.15) is 51.0 Å². The van der Waals surface area contributed by atoms with Gasteiger partial charge in [-0.1, -0.05) is 55.0 Å². The van der Waals surface area contributed by atoms with Crippen LogP contribution in [0.5, 0.6) is 5.75 Å². The molecule has 0 aliphatic heterocycles. The molecular weight excluding hydrogens is 322 g/mol. The number of nitrogens with zero attached hydrogens (tertiary/aromatic N) is 1. The van der Waals surface area contributed by atoms with E-state index >= 15 is 0 Å². The first-order valence-electron chi connectivity index (χ1n) is 7.15. The smallest absolute Gasteiger partial charge is 0.270 e. The van der Waals surface area contributed by atoms with E-state index in [0.717, 1.165) is 17.7 Å². The maximum Gasteiger partial charge on any atom is 0.270 e.